The molecule has 0 bridgehead atoms. The van der Waals surface area contributed by atoms with E-state index in [1.54, 1.807) is 43.5 Å². The van der Waals surface area contributed by atoms with Crippen molar-refractivity contribution in [2.75, 3.05) is 13.7 Å². The van der Waals surface area contributed by atoms with Crippen molar-refractivity contribution >= 4 is 11.9 Å². The summed E-state index contributed by atoms with van der Waals surface area (Å²) in [5, 5.41) is 11.5. The molecule has 25 heavy (non-hydrogen) atoms. The Bertz CT molecular complexity index is 710. The molecular formula is C19H21NO5. The van der Waals surface area contributed by atoms with Gasteiger partial charge in [-0.25, -0.2) is 4.79 Å². The minimum atomic E-state index is -1.03. The predicted octanol–water partition coefficient (Wildman–Crippen LogP) is 2.79. The molecule has 0 aromatic heterocycles. The van der Waals surface area contributed by atoms with E-state index in [0.717, 1.165) is 11.1 Å². The van der Waals surface area contributed by atoms with Gasteiger partial charge in [0.1, 0.15) is 5.75 Å². The molecule has 0 saturated carbocycles. The van der Waals surface area contributed by atoms with Crippen LogP contribution in [0.5, 0.6) is 5.75 Å². The molecule has 2 rings (SSSR count). The van der Waals surface area contributed by atoms with E-state index < -0.39 is 5.97 Å². The molecule has 6 heteroatoms. The molecule has 2 N–H and O–H groups in total. The van der Waals surface area contributed by atoms with Gasteiger partial charge in [0.15, 0.2) is 6.61 Å². The van der Waals surface area contributed by atoms with Crippen molar-refractivity contribution in [3.8, 4) is 5.75 Å². The lowest BCUT2D eigenvalue weighted by Gasteiger charge is -2.15. The van der Waals surface area contributed by atoms with Crippen LogP contribution < -0.4 is 10.1 Å². The molecular weight excluding hydrogens is 322 g/mol. The molecule has 0 saturated heterocycles. The largest absolute Gasteiger partial charge is 0.482 e. The van der Waals surface area contributed by atoms with Crippen LogP contribution in [0.4, 0.5) is 0 Å². The van der Waals surface area contributed by atoms with Gasteiger partial charge in [-0.3, -0.25) is 4.79 Å². The molecule has 0 radical (unpaired) electrons. The van der Waals surface area contributed by atoms with Gasteiger partial charge in [0.2, 0.25) is 0 Å². The van der Waals surface area contributed by atoms with Gasteiger partial charge >= 0.3 is 5.97 Å². The van der Waals surface area contributed by atoms with Gasteiger partial charge in [-0.15, -0.1) is 0 Å². The Hall–Kier alpha value is -2.86. The molecule has 0 aliphatic heterocycles. The van der Waals surface area contributed by atoms with Gasteiger partial charge in [0.25, 0.3) is 5.91 Å². The van der Waals surface area contributed by atoms with Crippen LogP contribution in [0.2, 0.25) is 0 Å². The fourth-order valence-electron chi connectivity index (χ4n) is 2.28. The SMILES string of the molecule is COCc1ccc(C(=O)NC(C)c2ccc(OCC(=O)O)cc2)cc1. The number of nitrogens with one attached hydrogen (secondary N) is 1. The molecule has 2 aromatic rings. The highest BCUT2D eigenvalue weighted by Gasteiger charge is 2.12. The van der Waals surface area contributed by atoms with E-state index in [0.29, 0.717) is 17.9 Å². The third-order valence-electron chi connectivity index (χ3n) is 3.62. The third-order valence-corrected chi connectivity index (χ3v) is 3.62. The monoisotopic (exact) mass is 343 g/mol. The number of hydrogen-bond acceptors (Lipinski definition) is 4. The van der Waals surface area contributed by atoms with E-state index in [4.69, 9.17) is 14.6 Å². The van der Waals surface area contributed by atoms with Crippen molar-refractivity contribution in [1.82, 2.24) is 5.32 Å². The second-order valence-corrected chi connectivity index (χ2v) is 5.58. The molecule has 0 fully saturated rings. The first-order valence-electron chi connectivity index (χ1n) is 7.83. The standard InChI is InChI=1S/C19H21NO5/c1-13(15-7-9-17(10-8-15)25-12-18(21)22)20-19(23)16-5-3-14(4-6-16)11-24-2/h3-10,13H,11-12H2,1-2H3,(H,20,23)(H,21,22). The number of carboxylic acids is 1. The number of ether oxygens (including phenoxy) is 2. The quantitative estimate of drug-likeness (QED) is 0.770. The minimum Gasteiger partial charge on any atom is -0.482 e. The molecule has 2 aromatic carbocycles. The number of hydrogen-bond donors (Lipinski definition) is 2. The molecule has 1 unspecified atom stereocenters. The Morgan fingerprint density at radius 2 is 1.72 bits per heavy atom. The highest BCUT2D eigenvalue weighted by molar-refractivity contribution is 5.94. The summed E-state index contributed by atoms with van der Waals surface area (Å²) in [6.07, 6.45) is 0. The number of rotatable bonds is 8. The molecule has 132 valence electrons. The van der Waals surface area contributed by atoms with Gasteiger partial charge < -0.3 is 19.9 Å². The van der Waals surface area contributed by atoms with Gasteiger partial charge in [0, 0.05) is 12.7 Å². The van der Waals surface area contributed by atoms with Crippen LogP contribution in [0.15, 0.2) is 48.5 Å². The molecule has 0 spiro atoms. The number of amides is 1. The number of carbonyl (C=O) groups is 2. The second-order valence-electron chi connectivity index (χ2n) is 5.58. The topological polar surface area (TPSA) is 84.9 Å². The van der Waals surface area contributed by atoms with Crippen LogP contribution in [0, 0.1) is 0 Å². The summed E-state index contributed by atoms with van der Waals surface area (Å²) in [5.41, 5.74) is 2.48. The first-order valence-corrected chi connectivity index (χ1v) is 7.83. The van der Waals surface area contributed by atoms with Gasteiger partial charge in [-0.05, 0) is 42.3 Å². The van der Waals surface area contributed by atoms with E-state index in [1.165, 1.54) is 0 Å². The van der Waals surface area contributed by atoms with E-state index in [9.17, 15) is 9.59 Å². The Morgan fingerprint density at radius 3 is 2.28 bits per heavy atom. The van der Waals surface area contributed by atoms with Crippen LogP contribution in [0.25, 0.3) is 0 Å². The molecule has 0 heterocycles. The van der Waals surface area contributed by atoms with E-state index in [1.807, 2.05) is 19.1 Å². The van der Waals surface area contributed by atoms with Gasteiger partial charge in [0.05, 0.1) is 12.6 Å². The lowest BCUT2D eigenvalue weighted by Crippen LogP contribution is -2.26. The number of methoxy groups -OCH3 is 1. The normalized spacial score (nSPS) is 11.6. The number of benzene rings is 2. The van der Waals surface area contributed by atoms with Crippen LogP contribution >= 0.6 is 0 Å². The lowest BCUT2D eigenvalue weighted by atomic mass is 10.1. The number of aliphatic carboxylic acids is 1. The van der Waals surface area contributed by atoms with Gasteiger partial charge in [-0.2, -0.15) is 0 Å². The van der Waals surface area contributed by atoms with Crippen molar-refractivity contribution < 1.29 is 24.2 Å². The van der Waals surface area contributed by atoms with Crippen molar-refractivity contribution in [3.63, 3.8) is 0 Å². The Kier molecular flexibility index (Phi) is 6.54. The summed E-state index contributed by atoms with van der Waals surface area (Å²) < 4.78 is 10.1. The Morgan fingerprint density at radius 1 is 1.08 bits per heavy atom. The third kappa shape index (κ3) is 5.61. The summed E-state index contributed by atoms with van der Waals surface area (Å²) in [6.45, 7) is 2.00. The van der Waals surface area contributed by atoms with E-state index in [2.05, 4.69) is 5.32 Å². The Balaban J connectivity index is 1.94. The maximum atomic E-state index is 12.3. The molecule has 1 atom stereocenters. The fraction of sp³-hybridized carbons (Fsp3) is 0.263. The van der Waals surface area contributed by atoms with Crippen LogP contribution in [0.3, 0.4) is 0 Å². The molecule has 1 amide bonds. The second kappa shape index (κ2) is 8.84. The lowest BCUT2D eigenvalue weighted by molar-refractivity contribution is -0.139. The number of carboxylic acid groups (broad SMARTS) is 1. The fourth-order valence-corrected chi connectivity index (χ4v) is 2.28. The maximum absolute atomic E-state index is 12.3. The summed E-state index contributed by atoms with van der Waals surface area (Å²) in [4.78, 5) is 22.8. The summed E-state index contributed by atoms with van der Waals surface area (Å²) in [5.74, 6) is -0.720. The molecule has 6 nitrogen and oxygen atoms in total. The summed E-state index contributed by atoms with van der Waals surface area (Å²) in [6, 6.07) is 14.0. The Labute approximate surface area is 146 Å². The van der Waals surface area contributed by atoms with Gasteiger partial charge in [-0.1, -0.05) is 24.3 Å². The van der Waals surface area contributed by atoms with Crippen molar-refractivity contribution in [1.29, 1.82) is 0 Å². The van der Waals surface area contributed by atoms with Crippen LogP contribution in [0.1, 0.15) is 34.5 Å². The van der Waals surface area contributed by atoms with Crippen molar-refractivity contribution in [2.24, 2.45) is 0 Å². The average molecular weight is 343 g/mol. The van der Waals surface area contributed by atoms with Crippen LogP contribution in [-0.4, -0.2) is 30.7 Å². The number of carbonyl (C=O) groups excluding carboxylic acids is 1. The zero-order valence-corrected chi connectivity index (χ0v) is 14.2. The minimum absolute atomic E-state index is 0.164. The smallest absolute Gasteiger partial charge is 0.341 e. The zero-order valence-electron chi connectivity index (χ0n) is 14.2. The van der Waals surface area contributed by atoms with Crippen molar-refractivity contribution in [2.45, 2.75) is 19.6 Å². The van der Waals surface area contributed by atoms with E-state index >= 15 is 0 Å². The molecule has 0 aliphatic rings. The predicted molar refractivity (Wildman–Crippen MR) is 92.6 cm³/mol. The maximum Gasteiger partial charge on any atom is 0.341 e. The first kappa shape index (κ1) is 18.5. The zero-order chi connectivity index (χ0) is 18.2. The molecule has 0 aliphatic carbocycles. The summed E-state index contributed by atoms with van der Waals surface area (Å²) >= 11 is 0. The highest BCUT2D eigenvalue weighted by atomic mass is 16.5. The highest BCUT2D eigenvalue weighted by Crippen LogP contribution is 2.18. The van der Waals surface area contributed by atoms with E-state index in [-0.39, 0.29) is 18.6 Å². The van der Waals surface area contributed by atoms with Crippen molar-refractivity contribution in [3.05, 3.63) is 65.2 Å². The summed E-state index contributed by atoms with van der Waals surface area (Å²) in [7, 11) is 1.63. The first-order chi connectivity index (χ1) is 12.0. The average Bonchev–Trinajstić information content (AvgIpc) is 2.61. The van der Waals surface area contributed by atoms with Crippen LogP contribution in [-0.2, 0) is 16.1 Å².